The molecule has 8 heteroatoms. The molecule has 1 saturated heterocycles. The van der Waals surface area contributed by atoms with Gasteiger partial charge in [0.05, 0.1) is 11.9 Å². The van der Waals surface area contributed by atoms with E-state index in [0.29, 0.717) is 17.9 Å². The minimum Gasteiger partial charge on any atom is -0.492 e. The Bertz CT molecular complexity index is 1160. The van der Waals surface area contributed by atoms with E-state index in [2.05, 4.69) is 25.4 Å². The first-order valence-corrected chi connectivity index (χ1v) is 10.6. The van der Waals surface area contributed by atoms with Crippen LogP contribution in [0.15, 0.2) is 64.5 Å². The fourth-order valence-corrected chi connectivity index (χ4v) is 3.55. The Morgan fingerprint density at radius 2 is 1.91 bits per heavy atom. The van der Waals surface area contributed by atoms with Crippen molar-refractivity contribution in [2.45, 2.75) is 12.8 Å². The van der Waals surface area contributed by atoms with Crippen LogP contribution in [0.3, 0.4) is 0 Å². The number of benzene rings is 2. The Morgan fingerprint density at radius 1 is 1.16 bits per heavy atom. The molecule has 2 heterocycles. The summed E-state index contributed by atoms with van der Waals surface area (Å²) in [6.45, 7) is 3.96. The maximum Gasteiger partial charge on any atom is 0.270 e. The third-order valence-corrected chi connectivity index (χ3v) is 5.22. The number of hydrazone groups is 1. The van der Waals surface area contributed by atoms with Gasteiger partial charge in [0, 0.05) is 12.1 Å². The SMILES string of the molecule is N#Cc1c(-c2ccccc2)nc(NN=Cc2ccc(OCCN3CCCC3)cc2)[nH]c1=O. The van der Waals surface area contributed by atoms with Crippen LogP contribution < -0.4 is 15.7 Å². The van der Waals surface area contributed by atoms with Crippen molar-refractivity contribution in [1.29, 1.82) is 5.26 Å². The van der Waals surface area contributed by atoms with E-state index in [-0.39, 0.29) is 11.5 Å². The summed E-state index contributed by atoms with van der Waals surface area (Å²) in [6.07, 6.45) is 4.18. The summed E-state index contributed by atoms with van der Waals surface area (Å²) in [7, 11) is 0. The zero-order valence-corrected chi connectivity index (χ0v) is 17.6. The molecule has 1 aliphatic rings. The van der Waals surface area contributed by atoms with Gasteiger partial charge in [-0.3, -0.25) is 14.7 Å². The molecule has 0 radical (unpaired) electrons. The summed E-state index contributed by atoms with van der Waals surface area (Å²) in [5.74, 6) is 0.978. The first kappa shape index (κ1) is 21.3. The topological polar surface area (TPSA) is 106 Å². The molecule has 162 valence electrons. The highest BCUT2D eigenvalue weighted by molar-refractivity contribution is 5.80. The van der Waals surface area contributed by atoms with Gasteiger partial charge in [-0.2, -0.15) is 10.4 Å². The standard InChI is InChI=1S/C24H24N6O2/c25-16-21-22(19-6-2-1-3-7-19)27-24(28-23(21)31)29-26-17-18-8-10-20(11-9-18)32-15-14-30-12-4-5-13-30/h1-3,6-11,17H,4-5,12-15H2,(H2,27,28,29,31). The van der Waals surface area contributed by atoms with Gasteiger partial charge in [0.2, 0.25) is 5.95 Å². The third kappa shape index (κ3) is 5.39. The molecule has 0 bridgehead atoms. The number of anilines is 1. The second kappa shape index (κ2) is 10.4. The van der Waals surface area contributed by atoms with Gasteiger partial charge in [0.1, 0.15) is 24.0 Å². The smallest absolute Gasteiger partial charge is 0.270 e. The average molecular weight is 428 g/mol. The lowest BCUT2D eigenvalue weighted by Crippen LogP contribution is -2.25. The summed E-state index contributed by atoms with van der Waals surface area (Å²) in [6, 6.07) is 18.6. The number of ether oxygens (including phenoxy) is 1. The largest absolute Gasteiger partial charge is 0.492 e. The van der Waals surface area contributed by atoms with Crippen LogP contribution in [0, 0.1) is 11.3 Å². The number of nitriles is 1. The van der Waals surface area contributed by atoms with Gasteiger partial charge in [-0.05, 0) is 55.8 Å². The van der Waals surface area contributed by atoms with E-state index in [9.17, 15) is 10.1 Å². The van der Waals surface area contributed by atoms with E-state index in [1.54, 1.807) is 18.3 Å². The first-order valence-electron chi connectivity index (χ1n) is 10.6. The second-order valence-electron chi connectivity index (χ2n) is 7.45. The van der Waals surface area contributed by atoms with Crippen LogP contribution in [-0.2, 0) is 0 Å². The van der Waals surface area contributed by atoms with Crippen molar-refractivity contribution in [2.24, 2.45) is 5.10 Å². The number of aromatic amines is 1. The van der Waals surface area contributed by atoms with E-state index >= 15 is 0 Å². The molecule has 0 aliphatic carbocycles. The number of H-pyrrole nitrogens is 1. The van der Waals surface area contributed by atoms with E-state index < -0.39 is 5.56 Å². The fourth-order valence-electron chi connectivity index (χ4n) is 3.55. The van der Waals surface area contributed by atoms with Gasteiger partial charge >= 0.3 is 0 Å². The molecule has 1 aromatic heterocycles. The molecule has 1 fully saturated rings. The summed E-state index contributed by atoms with van der Waals surface area (Å²) >= 11 is 0. The van der Waals surface area contributed by atoms with Crippen LogP contribution >= 0.6 is 0 Å². The van der Waals surface area contributed by atoms with Crippen molar-refractivity contribution in [3.05, 3.63) is 76.1 Å². The highest BCUT2D eigenvalue weighted by Gasteiger charge is 2.13. The number of likely N-dealkylation sites (tertiary alicyclic amines) is 1. The van der Waals surface area contributed by atoms with Crippen LogP contribution in [0.2, 0.25) is 0 Å². The van der Waals surface area contributed by atoms with Crippen LogP contribution in [-0.4, -0.2) is 47.3 Å². The fraction of sp³-hybridized carbons (Fsp3) is 0.250. The average Bonchev–Trinajstić information content (AvgIpc) is 3.34. The maximum absolute atomic E-state index is 12.3. The van der Waals surface area contributed by atoms with Gasteiger partial charge in [0.15, 0.2) is 0 Å². The molecule has 1 aliphatic heterocycles. The molecular weight excluding hydrogens is 404 g/mol. The van der Waals surface area contributed by atoms with Crippen LogP contribution in [0.5, 0.6) is 5.75 Å². The minimum absolute atomic E-state index is 0.0361. The van der Waals surface area contributed by atoms with Gasteiger partial charge in [0.25, 0.3) is 5.56 Å². The predicted molar refractivity (Wildman–Crippen MR) is 124 cm³/mol. The molecule has 0 unspecified atom stereocenters. The lowest BCUT2D eigenvalue weighted by molar-refractivity contribution is 0.238. The number of hydrogen-bond donors (Lipinski definition) is 2. The molecule has 4 rings (SSSR count). The van der Waals surface area contributed by atoms with E-state index in [0.717, 1.165) is 30.9 Å². The number of nitrogens with zero attached hydrogens (tertiary/aromatic N) is 4. The van der Waals surface area contributed by atoms with Gasteiger partial charge < -0.3 is 4.74 Å². The van der Waals surface area contributed by atoms with Crippen molar-refractivity contribution in [3.8, 4) is 23.1 Å². The van der Waals surface area contributed by atoms with Crippen molar-refractivity contribution in [1.82, 2.24) is 14.9 Å². The van der Waals surface area contributed by atoms with Gasteiger partial charge in [-0.25, -0.2) is 10.4 Å². The number of rotatable bonds is 8. The zero-order chi connectivity index (χ0) is 22.2. The Hall–Kier alpha value is -3.96. The van der Waals surface area contributed by atoms with E-state index in [4.69, 9.17) is 4.74 Å². The van der Waals surface area contributed by atoms with Crippen LogP contribution in [0.4, 0.5) is 5.95 Å². The zero-order valence-electron chi connectivity index (χ0n) is 17.6. The maximum atomic E-state index is 12.3. The summed E-state index contributed by atoms with van der Waals surface area (Å²) in [5, 5.41) is 13.5. The van der Waals surface area contributed by atoms with E-state index in [1.165, 1.54) is 12.8 Å². The highest BCUT2D eigenvalue weighted by Crippen LogP contribution is 2.19. The minimum atomic E-state index is -0.519. The first-order chi connectivity index (χ1) is 15.7. The molecule has 0 spiro atoms. The van der Waals surface area contributed by atoms with Crippen molar-refractivity contribution in [3.63, 3.8) is 0 Å². The van der Waals surface area contributed by atoms with Gasteiger partial charge in [-0.15, -0.1) is 0 Å². The third-order valence-electron chi connectivity index (χ3n) is 5.22. The Kier molecular flexibility index (Phi) is 6.90. The molecule has 8 nitrogen and oxygen atoms in total. The molecule has 32 heavy (non-hydrogen) atoms. The molecule has 3 aromatic rings. The quantitative estimate of drug-likeness (QED) is 0.421. The van der Waals surface area contributed by atoms with Crippen molar-refractivity contribution in [2.75, 3.05) is 31.7 Å². The molecule has 0 atom stereocenters. The van der Waals surface area contributed by atoms with Crippen molar-refractivity contribution < 1.29 is 4.74 Å². The molecule has 0 amide bonds. The van der Waals surface area contributed by atoms with Crippen molar-refractivity contribution >= 4 is 12.2 Å². The van der Waals surface area contributed by atoms with Gasteiger partial charge in [-0.1, -0.05) is 30.3 Å². The van der Waals surface area contributed by atoms with Crippen LogP contribution in [0.1, 0.15) is 24.0 Å². The summed E-state index contributed by atoms with van der Waals surface area (Å²) < 4.78 is 5.81. The number of nitrogens with one attached hydrogen (secondary N) is 2. The predicted octanol–water partition coefficient (Wildman–Crippen LogP) is 3.23. The van der Waals surface area contributed by atoms with Crippen LogP contribution in [0.25, 0.3) is 11.3 Å². The Labute approximate surface area is 186 Å². The number of aromatic nitrogens is 2. The Morgan fingerprint density at radius 3 is 2.62 bits per heavy atom. The lowest BCUT2D eigenvalue weighted by atomic mass is 10.1. The molecule has 0 saturated carbocycles. The highest BCUT2D eigenvalue weighted by atomic mass is 16.5. The normalized spacial score (nSPS) is 13.8. The summed E-state index contributed by atoms with van der Waals surface area (Å²) in [5.41, 5.74) is 4.03. The lowest BCUT2D eigenvalue weighted by Gasteiger charge is -2.14. The summed E-state index contributed by atoms with van der Waals surface area (Å²) in [4.78, 5) is 21.6. The molecule has 2 N–H and O–H groups in total. The Balaban J connectivity index is 1.38. The van der Waals surface area contributed by atoms with E-state index in [1.807, 2.05) is 48.5 Å². The molecular formula is C24H24N6O2. The molecule has 2 aromatic carbocycles. The second-order valence-corrected chi connectivity index (χ2v) is 7.45. The monoisotopic (exact) mass is 428 g/mol. The number of hydrogen-bond acceptors (Lipinski definition) is 7.